The fraction of sp³-hybridized carbons (Fsp3) is 0.714. The van der Waals surface area contributed by atoms with Gasteiger partial charge >= 0.3 is 6.09 Å². The van der Waals surface area contributed by atoms with Gasteiger partial charge in [-0.05, 0) is 44.4 Å². The molecule has 2 aromatic heterocycles. The number of carbonyl (C=O) groups is 1. The van der Waals surface area contributed by atoms with E-state index >= 15 is 0 Å². The molecule has 2 aromatic rings. The van der Waals surface area contributed by atoms with Crippen LogP contribution in [-0.2, 0) is 6.54 Å². The molecule has 7 nitrogen and oxygen atoms in total. The minimum Gasteiger partial charge on any atom is -0.465 e. The zero-order valence-corrected chi connectivity index (χ0v) is 18.2. The maximum absolute atomic E-state index is 11.3. The molecule has 1 saturated carbocycles. The Morgan fingerprint density at radius 3 is 2.59 bits per heavy atom. The van der Waals surface area contributed by atoms with Gasteiger partial charge in [0, 0.05) is 37.6 Å². The summed E-state index contributed by atoms with van der Waals surface area (Å²) in [5, 5.41) is 10.5. The molecule has 2 atom stereocenters. The van der Waals surface area contributed by atoms with Crippen LogP contribution in [0.4, 0.5) is 4.79 Å². The van der Waals surface area contributed by atoms with Crippen LogP contribution < -0.4 is 0 Å². The third kappa shape index (κ3) is 3.50. The molecule has 4 heterocycles. The van der Waals surface area contributed by atoms with Gasteiger partial charge in [-0.2, -0.15) is 0 Å². The van der Waals surface area contributed by atoms with Crippen molar-refractivity contribution in [3.05, 3.63) is 16.5 Å². The highest BCUT2D eigenvalue weighted by molar-refractivity contribution is 7.18. The van der Waals surface area contributed by atoms with E-state index in [1.165, 1.54) is 30.7 Å². The first-order chi connectivity index (χ1) is 13.8. The summed E-state index contributed by atoms with van der Waals surface area (Å²) < 4.78 is 0. The number of nitrogens with zero attached hydrogens (tertiary/aromatic N) is 5. The molecular weight excluding hydrogens is 386 g/mol. The maximum atomic E-state index is 11.3. The van der Waals surface area contributed by atoms with Crippen molar-refractivity contribution in [2.75, 3.05) is 13.1 Å². The minimum atomic E-state index is -0.794. The van der Waals surface area contributed by atoms with Gasteiger partial charge in [-0.1, -0.05) is 25.2 Å². The SMILES string of the molecule is Cc1nc(CN2C[C@@H]3C[C@H]2CN3C(=O)O)c2nc(C3CCC(C)(C)CC3)sc2n1. The first-order valence-corrected chi connectivity index (χ1v) is 11.5. The molecule has 3 fully saturated rings. The summed E-state index contributed by atoms with van der Waals surface area (Å²) in [5.74, 6) is 1.34. The normalized spacial score (nSPS) is 27.2. The molecular formula is C21H29N5O2S. The summed E-state index contributed by atoms with van der Waals surface area (Å²) in [6.45, 7) is 8.81. The monoisotopic (exact) mass is 415 g/mol. The van der Waals surface area contributed by atoms with Crippen molar-refractivity contribution in [2.45, 2.75) is 77.4 Å². The first-order valence-electron chi connectivity index (χ1n) is 10.7. The third-order valence-electron chi connectivity index (χ3n) is 7.10. The Balaban J connectivity index is 1.38. The average Bonchev–Trinajstić information content (AvgIpc) is 3.35. The van der Waals surface area contributed by atoms with Crippen molar-refractivity contribution in [3.8, 4) is 0 Å². The van der Waals surface area contributed by atoms with Crippen LogP contribution in [0.25, 0.3) is 10.3 Å². The van der Waals surface area contributed by atoms with E-state index in [0.29, 0.717) is 23.9 Å². The van der Waals surface area contributed by atoms with Crippen molar-refractivity contribution in [3.63, 3.8) is 0 Å². The van der Waals surface area contributed by atoms with E-state index < -0.39 is 6.09 Å². The molecule has 0 spiro atoms. The largest absolute Gasteiger partial charge is 0.465 e. The van der Waals surface area contributed by atoms with Crippen LogP contribution in [0.15, 0.2) is 0 Å². The van der Waals surface area contributed by atoms with Crippen molar-refractivity contribution < 1.29 is 9.90 Å². The predicted octanol–water partition coefficient (Wildman–Crippen LogP) is 4.02. The van der Waals surface area contributed by atoms with E-state index in [-0.39, 0.29) is 6.04 Å². The van der Waals surface area contributed by atoms with Gasteiger partial charge in [-0.15, -0.1) is 0 Å². The second kappa shape index (κ2) is 6.87. The molecule has 3 aliphatic rings. The zero-order chi connectivity index (χ0) is 20.3. The van der Waals surface area contributed by atoms with Crippen LogP contribution in [-0.4, -0.2) is 61.1 Å². The predicted molar refractivity (Wildman–Crippen MR) is 112 cm³/mol. The molecule has 0 unspecified atom stereocenters. The van der Waals surface area contributed by atoms with Gasteiger partial charge in [0.25, 0.3) is 0 Å². The molecule has 2 aliphatic heterocycles. The van der Waals surface area contributed by atoms with Gasteiger partial charge in [0.2, 0.25) is 0 Å². The topological polar surface area (TPSA) is 82.5 Å². The lowest BCUT2D eigenvalue weighted by Crippen LogP contribution is -2.47. The van der Waals surface area contributed by atoms with E-state index in [0.717, 1.165) is 41.4 Å². The van der Waals surface area contributed by atoms with E-state index in [2.05, 4.69) is 23.7 Å². The van der Waals surface area contributed by atoms with Crippen LogP contribution in [0, 0.1) is 12.3 Å². The lowest BCUT2D eigenvalue weighted by atomic mass is 9.73. The summed E-state index contributed by atoms with van der Waals surface area (Å²) in [6, 6.07) is 0.410. The standard InChI is InChI=1S/C21H29N5O2S/c1-12-22-16(11-25-9-15-8-14(25)10-26(15)20(27)28)17-19(23-12)29-18(24-17)13-4-6-21(2,3)7-5-13/h13-15H,4-11H2,1-3H3,(H,27,28)/t14-,15-/m0/s1. The number of hydrogen-bond acceptors (Lipinski definition) is 6. The fourth-order valence-corrected chi connectivity index (χ4v) is 6.49. The molecule has 2 bridgehead atoms. The van der Waals surface area contributed by atoms with E-state index in [1.807, 2.05) is 6.92 Å². The van der Waals surface area contributed by atoms with E-state index in [9.17, 15) is 9.90 Å². The van der Waals surface area contributed by atoms with Gasteiger partial charge in [0.05, 0.1) is 10.7 Å². The quantitative estimate of drug-likeness (QED) is 0.815. The molecule has 1 aliphatic carbocycles. The number of hydrogen-bond donors (Lipinski definition) is 1. The number of fused-ring (bicyclic) bond motifs is 3. The average molecular weight is 416 g/mol. The number of likely N-dealkylation sites (tertiary alicyclic amines) is 2. The van der Waals surface area contributed by atoms with Crippen LogP contribution >= 0.6 is 11.3 Å². The molecule has 1 amide bonds. The van der Waals surface area contributed by atoms with E-state index in [4.69, 9.17) is 9.97 Å². The number of thiazole rings is 1. The number of piperazine rings is 1. The summed E-state index contributed by atoms with van der Waals surface area (Å²) in [6.07, 6.45) is 5.05. The highest BCUT2D eigenvalue weighted by Gasteiger charge is 2.45. The molecule has 2 saturated heterocycles. The Kier molecular flexibility index (Phi) is 4.55. The van der Waals surface area contributed by atoms with Gasteiger partial charge in [-0.25, -0.2) is 19.7 Å². The minimum absolute atomic E-state index is 0.118. The Bertz CT molecular complexity index is 948. The second-order valence-corrected chi connectivity index (χ2v) is 10.8. The van der Waals surface area contributed by atoms with E-state index in [1.54, 1.807) is 16.2 Å². The highest BCUT2D eigenvalue weighted by atomic mass is 32.1. The van der Waals surface area contributed by atoms with Crippen molar-refractivity contribution in [1.82, 2.24) is 24.8 Å². The first kappa shape index (κ1) is 19.2. The molecule has 0 aromatic carbocycles. The van der Waals surface area contributed by atoms with Gasteiger partial charge in [-0.3, -0.25) is 4.90 Å². The molecule has 0 radical (unpaired) electrons. The third-order valence-corrected chi connectivity index (χ3v) is 8.21. The van der Waals surface area contributed by atoms with Crippen LogP contribution in [0.1, 0.15) is 68.4 Å². The van der Waals surface area contributed by atoms with Crippen LogP contribution in [0.2, 0.25) is 0 Å². The lowest BCUT2D eigenvalue weighted by Gasteiger charge is -2.33. The van der Waals surface area contributed by atoms with Crippen molar-refractivity contribution in [2.24, 2.45) is 5.41 Å². The number of rotatable bonds is 3. The van der Waals surface area contributed by atoms with Crippen molar-refractivity contribution >= 4 is 27.8 Å². The van der Waals surface area contributed by atoms with Gasteiger partial charge < -0.3 is 10.0 Å². The van der Waals surface area contributed by atoms with Crippen molar-refractivity contribution in [1.29, 1.82) is 0 Å². The molecule has 29 heavy (non-hydrogen) atoms. The molecule has 1 N–H and O–H groups in total. The molecule has 156 valence electrons. The number of aryl methyl sites for hydroxylation is 1. The summed E-state index contributed by atoms with van der Waals surface area (Å²) in [7, 11) is 0. The number of carboxylic acid groups (broad SMARTS) is 1. The Hall–Kier alpha value is -1.80. The zero-order valence-electron chi connectivity index (χ0n) is 17.4. The summed E-state index contributed by atoms with van der Waals surface area (Å²) in [5.41, 5.74) is 2.41. The van der Waals surface area contributed by atoms with Gasteiger partial charge in [0.1, 0.15) is 16.2 Å². The lowest BCUT2D eigenvalue weighted by molar-refractivity contribution is 0.0999. The highest BCUT2D eigenvalue weighted by Crippen LogP contribution is 2.44. The Morgan fingerprint density at radius 2 is 1.93 bits per heavy atom. The van der Waals surface area contributed by atoms with Gasteiger partial charge in [0.15, 0.2) is 0 Å². The molecule has 8 heteroatoms. The second-order valence-electron chi connectivity index (χ2n) is 9.77. The Labute approximate surface area is 175 Å². The molecule has 5 rings (SSSR count). The maximum Gasteiger partial charge on any atom is 0.407 e. The van der Waals surface area contributed by atoms with Crippen LogP contribution in [0.3, 0.4) is 0 Å². The number of amides is 1. The summed E-state index contributed by atoms with van der Waals surface area (Å²) >= 11 is 1.74. The smallest absolute Gasteiger partial charge is 0.407 e. The Morgan fingerprint density at radius 1 is 1.17 bits per heavy atom. The number of aromatic nitrogens is 3. The summed E-state index contributed by atoms with van der Waals surface area (Å²) in [4.78, 5) is 30.8. The fourth-order valence-electron chi connectivity index (χ4n) is 5.31. The van der Waals surface area contributed by atoms with Crippen LogP contribution in [0.5, 0.6) is 0 Å².